The molecule has 19 heavy (non-hydrogen) atoms. The number of hydrogen-bond donors (Lipinski definition) is 1. The first-order valence-corrected chi connectivity index (χ1v) is 6.75. The number of ether oxygens (including phenoxy) is 1. The van der Waals surface area contributed by atoms with Crippen molar-refractivity contribution in [2.24, 2.45) is 0 Å². The van der Waals surface area contributed by atoms with Crippen LogP contribution in [0, 0.1) is 0 Å². The molecule has 2 aromatic rings. The van der Waals surface area contributed by atoms with Crippen molar-refractivity contribution in [3.63, 3.8) is 0 Å². The van der Waals surface area contributed by atoms with Gasteiger partial charge in [-0.15, -0.1) is 0 Å². The summed E-state index contributed by atoms with van der Waals surface area (Å²) in [5.41, 5.74) is 0.574. The zero-order chi connectivity index (χ0) is 13.7. The minimum absolute atomic E-state index is 0.0756. The molecule has 1 N–H and O–H groups in total. The number of benzene rings is 2. The fraction of sp³-hybridized carbons (Fsp3) is 0.0714. The van der Waals surface area contributed by atoms with Crippen LogP contribution in [0.25, 0.3) is 0 Å². The minimum Gasteiger partial charge on any atom is -0.483 e. The van der Waals surface area contributed by atoms with E-state index in [4.69, 9.17) is 16.3 Å². The third-order valence-electron chi connectivity index (χ3n) is 2.34. The number of carbonyl (C=O) groups excluding carboxylic acids is 1. The molecule has 98 valence electrons. The molecule has 0 heterocycles. The van der Waals surface area contributed by atoms with Gasteiger partial charge in [0.1, 0.15) is 5.75 Å². The fourth-order valence-corrected chi connectivity index (χ4v) is 2.04. The lowest BCUT2D eigenvalue weighted by Gasteiger charge is -2.09. The third-order valence-corrected chi connectivity index (χ3v) is 3.33. The fourth-order valence-electron chi connectivity index (χ4n) is 1.45. The van der Waals surface area contributed by atoms with Crippen molar-refractivity contribution >= 4 is 39.1 Å². The van der Waals surface area contributed by atoms with Gasteiger partial charge in [0.05, 0.1) is 15.2 Å². The van der Waals surface area contributed by atoms with E-state index in [9.17, 15) is 4.79 Å². The van der Waals surface area contributed by atoms with Crippen LogP contribution in [0.3, 0.4) is 0 Å². The summed E-state index contributed by atoms with van der Waals surface area (Å²) in [7, 11) is 0. The first-order chi connectivity index (χ1) is 9.16. The number of carbonyl (C=O) groups is 1. The van der Waals surface area contributed by atoms with Crippen LogP contribution in [-0.2, 0) is 4.79 Å². The summed E-state index contributed by atoms with van der Waals surface area (Å²) < 4.78 is 6.21. The van der Waals surface area contributed by atoms with Gasteiger partial charge < -0.3 is 10.1 Å². The van der Waals surface area contributed by atoms with Crippen LogP contribution < -0.4 is 10.1 Å². The molecule has 0 saturated carbocycles. The van der Waals surface area contributed by atoms with Gasteiger partial charge in [0.25, 0.3) is 5.91 Å². The maximum absolute atomic E-state index is 11.7. The number of amides is 1. The van der Waals surface area contributed by atoms with E-state index in [1.807, 2.05) is 18.2 Å². The van der Waals surface area contributed by atoms with E-state index in [1.54, 1.807) is 30.3 Å². The molecule has 1 amide bonds. The Balaban J connectivity index is 1.92. The standard InChI is InChI=1S/C14H11BrClNO2/c15-10-5-1-4-8-13(10)19-9-14(18)17-12-7-3-2-6-11(12)16/h1-8H,9H2,(H,17,18). The summed E-state index contributed by atoms with van der Waals surface area (Å²) in [6, 6.07) is 14.4. The van der Waals surface area contributed by atoms with Crippen LogP contribution in [-0.4, -0.2) is 12.5 Å². The number of anilines is 1. The van der Waals surface area contributed by atoms with Gasteiger partial charge in [-0.05, 0) is 40.2 Å². The Labute approximate surface area is 124 Å². The molecule has 2 rings (SSSR count). The molecule has 5 heteroatoms. The molecule has 0 aliphatic heterocycles. The van der Waals surface area contributed by atoms with Gasteiger partial charge >= 0.3 is 0 Å². The topological polar surface area (TPSA) is 38.3 Å². The van der Waals surface area contributed by atoms with Crippen LogP contribution in [0.4, 0.5) is 5.69 Å². The molecule has 0 bridgehead atoms. The molecule has 2 aromatic carbocycles. The maximum atomic E-state index is 11.7. The SMILES string of the molecule is O=C(COc1ccccc1Br)Nc1ccccc1Cl. The van der Waals surface area contributed by atoms with Gasteiger partial charge in [-0.1, -0.05) is 35.9 Å². The Bertz CT molecular complexity index is 589. The molecule has 0 aromatic heterocycles. The summed E-state index contributed by atoms with van der Waals surface area (Å²) in [5, 5.41) is 3.19. The van der Waals surface area contributed by atoms with Gasteiger partial charge in [-0.2, -0.15) is 0 Å². The normalized spacial score (nSPS) is 10.0. The lowest BCUT2D eigenvalue weighted by Crippen LogP contribution is -2.20. The summed E-state index contributed by atoms with van der Waals surface area (Å²) >= 11 is 9.29. The summed E-state index contributed by atoms with van der Waals surface area (Å²) in [6.45, 7) is -0.0756. The maximum Gasteiger partial charge on any atom is 0.262 e. The highest BCUT2D eigenvalue weighted by atomic mass is 79.9. The monoisotopic (exact) mass is 339 g/mol. The van der Waals surface area contributed by atoms with Gasteiger partial charge in [-0.3, -0.25) is 4.79 Å². The van der Waals surface area contributed by atoms with E-state index < -0.39 is 0 Å². The van der Waals surface area contributed by atoms with Gasteiger partial charge in [0, 0.05) is 0 Å². The average molecular weight is 341 g/mol. The average Bonchev–Trinajstić information content (AvgIpc) is 2.40. The molecule has 0 atom stereocenters. The van der Waals surface area contributed by atoms with E-state index in [0.29, 0.717) is 16.5 Å². The highest BCUT2D eigenvalue weighted by Gasteiger charge is 2.07. The first-order valence-electron chi connectivity index (χ1n) is 5.58. The van der Waals surface area contributed by atoms with E-state index in [-0.39, 0.29) is 12.5 Å². The van der Waals surface area contributed by atoms with Crippen molar-refractivity contribution in [3.8, 4) is 5.75 Å². The second-order valence-electron chi connectivity index (χ2n) is 3.75. The van der Waals surface area contributed by atoms with Crippen LogP contribution in [0.2, 0.25) is 5.02 Å². The Morgan fingerprint density at radius 2 is 1.84 bits per heavy atom. The molecule has 0 unspecified atom stereocenters. The van der Waals surface area contributed by atoms with E-state index in [2.05, 4.69) is 21.2 Å². The first kappa shape index (κ1) is 13.9. The molecule has 0 aliphatic rings. The number of para-hydroxylation sites is 2. The van der Waals surface area contributed by atoms with Crippen molar-refractivity contribution in [2.75, 3.05) is 11.9 Å². The van der Waals surface area contributed by atoms with Crippen molar-refractivity contribution < 1.29 is 9.53 Å². The minimum atomic E-state index is -0.260. The number of hydrogen-bond acceptors (Lipinski definition) is 2. The van der Waals surface area contributed by atoms with E-state index in [1.165, 1.54) is 0 Å². The summed E-state index contributed by atoms with van der Waals surface area (Å²) in [6.07, 6.45) is 0. The van der Waals surface area contributed by atoms with Gasteiger partial charge in [-0.25, -0.2) is 0 Å². The highest BCUT2D eigenvalue weighted by Crippen LogP contribution is 2.24. The molecule has 0 fully saturated rings. The van der Waals surface area contributed by atoms with Crippen LogP contribution in [0.5, 0.6) is 5.75 Å². The molecule has 0 radical (unpaired) electrons. The van der Waals surface area contributed by atoms with E-state index >= 15 is 0 Å². The van der Waals surface area contributed by atoms with Crippen LogP contribution in [0.1, 0.15) is 0 Å². The molecule has 0 spiro atoms. The molecule has 0 aliphatic carbocycles. The molecule has 0 saturated heterocycles. The van der Waals surface area contributed by atoms with Crippen LogP contribution in [0.15, 0.2) is 53.0 Å². The predicted molar refractivity (Wildman–Crippen MR) is 79.7 cm³/mol. The largest absolute Gasteiger partial charge is 0.483 e. The zero-order valence-electron chi connectivity index (χ0n) is 9.90. The Kier molecular flexibility index (Phi) is 4.82. The van der Waals surface area contributed by atoms with Crippen molar-refractivity contribution in [1.82, 2.24) is 0 Å². The second kappa shape index (κ2) is 6.59. The van der Waals surface area contributed by atoms with Gasteiger partial charge in [0.15, 0.2) is 6.61 Å². The van der Waals surface area contributed by atoms with Crippen LogP contribution >= 0.6 is 27.5 Å². The quantitative estimate of drug-likeness (QED) is 0.909. The third kappa shape index (κ3) is 3.98. The Morgan fingerprint density at radius 3 is 2.58 bits per heavy atom. The van der Waals surface area contributed by atoms with E-state index in [0.717, 1.165) is 4.47 Å². The van der Waals surface area contributed by atoms with Gasteiger partial charge in [0.2, 0.25) is 0 Å². The lowest BCUT2D eigenvalue weighted by atomic mass is 10.3. The van der Waals surface area contributed by atoms with Crippen molar-refractivity contribution in [2.45, 2.75) is 0 Å². The molecule has 3 nitrogen and oxygen atoms in total. The zero-order valence-corrected chi connectivity index (χ0v) is 12.2. The summed E-state index contributed by atoms with van der Waals surface area (Å²) in [4.78, 5) is 11.7. The number of nitrogens with one attached hydrogen (secondary N) is 1. The Hall–Kier alpha value is -1.52. The highest BCUT2D eigenvalue weighted by molar-refractivity contribution is 9.10. The summed E-state index contributed by atoms with van der Waals surface area (Å²) in [5.74, 6) is 0.362. The van der Waals surface area contributed by atoms with Crippen molar-refractivity contribution in [3.05, 3.63) is 58.0 Å². The second-order valence-corrected chi connectivity index (χ2v) is 5.01. The smallest absolute Gasteiger partial charge is 0.262 e. The lowest BCUT2D eigenvalue weighted by molar-refractivity contribution is -0.118. The van der Waals surface area contributed by atoms with Crippen molar-refractivity contribution in [1.29, 1.82) is 0 Å². The number of halogens is 2. The predicted octanol–water partition coefficient (Wildman–Crippen LogP) is 4.12. The number of rotatable bonds is 4. The molecular weight excluding hydrogens is 330 g/mol. The Morgan fingerprint density at radius 1 is 1.16 bits per heavy atom. The molecular formula is C14H11BrClNO2.